The summed E-state index contributed by atoms with van der Waals surface area (Å²) >= 11 is 0. The number of hydrogen-bond donors (Lipinski definition) is 4. The van der Waals surface area contributed by atoms with Crippen LogP contribution in [0.1, 0.15) is 6.42 Å². The molecule has 2 aromatic rings. The zero-order valence-electron chi connectivity index (χ0n) is 11.7. The van der Waals surface area contributed by atoms with Crippen LogP contribution in [0.15, 0.2) is 26.5 Å². The number of fused-ring (bicyclic) bond motifs is 1. The minimum atomic E-state index is -0.725. The van der Waals surface area contributed by atoms with Crippen molar-refractivity contribution in [2.24, 2.45) is 22.4 Å². The second-order valence-electron chi connectivity index (χ2n) is 4.94. The molecule has 0 spiro atoms. The van der Waals surface area contributed by atoms with E-state index in [0.29, 0.717) is 12.0 Å². The zero-order chi connectivity index (χ0) is 16.7. The van der Waals surface area contributed by atoms with E-state index in [1.54, 1.807) is 0 Å². The van der Waals surface area contributed by atoms with Crippen LogP contribution in [0.2, 0.25) is 0 Å². The van der Waals surface area contributed by atoms with Gasteiger partial charge in [0.1, 0.15) is 11.8 Å². The van der Waals surface area contributed by atoms with Crippen LogP contribution in [-0.4, -0.2) is 31.4 Å². The van der Waals surface area contributed by atoms with E-state index in [-0.39, 0.29) is 22.9 Å². The Bertz CT molecular complexity index is 996. The quantitative estimate of drug-likeness (QED) is 0.352. The Kier molecular flexibility index (Phi) is 3.17. The largest absolute Gasteiger partial charge is 0.370 e. The van der Waals surface area contributed by atoms with Crippen LogP contribution < -0.4 is 28.3 Å². The molecule has 118 valence electrons. The summed E-state index contributed by atoms with van der Waals surface area (Å²) < 4.78 is 1.34. The van der Waals surface area contributed by atoms with Crippen LogP contribution in [0.4, 0.5) is 5.95 Å². The first kappa shape index (κ1) is 14.4. The third kappa shape index (κ3) is 2.66. The van der Waals surface area contributed by atoms with Crippen LogP contribution in [0.5, 0.6) is 0 Å². The number of anilines is 1. The van der Waals surface area contributed by atoms with Crippen LogP contribution in [0, 0.1) is 5.92 Å². The van der Waals surface area contributed by atoms with Gasteiger partial charge in [-0.15, -0.1) is 0 Å². The highest BCUT2D eigenvalue weighted by Gasteiger charge is 2.37. The highest BCUT2D eigenvalue weighted by molar-refractivity contribution is 5.96. The monoisotopic (exact) mass is 316 g/mol. The van der Waals surface area contributed by atoms with Gasteiger partial charge in [-0.2, -0.15) is 9.98 Å². The third-order valence-corrected chi connectivity index (χ3v) is 3.24. The number of aliphatic imine (C=N–C) groups is 1. The average Bonchev–Trinajstić information content (AvgIpc) is 3.08. The molecular formula is C12H12N8O3. The minimum Gasteiger partial charge on any atom is -0.370 e. The number of H-pyrrole nitrogens is 1. The predicted molar refractivity (Wildman–Crippen MR) is 82.0 cm³/mol. The Hall–Kier alpha value is -3.50. The molecule has 2 heterocycles. The van der Waals surface area contributed by atoms with E-state index < -0.39 is 22.9 Å². The Balaban J connectivity index is 2.06. The molecule has 23 heavy (non-hydrogen) atoms. The van der Waals surface area contributed by atoms with Crippen LogP contribution >= 0.6 is 0 Å². The molecule has 1 saturated carbocycles. The number of carbonyl (C=O) groups is 1. The van der Waals surface area contributed by atoms with E-state index in [0.717, 1.165) is 0 Å². The summed E-state index contributed by atoms with van der Waals surface area (Å²) in [6.07, 6.45) is 3.27. The van der Waals surface area contributed by atoms with Crippen molar-refractivity contribution in [2.75, 3.05) is 5.73 Å². The molecule has 1 amide bonds. The second kappa shape index (κ2) is 5.05. The predicted octanol–water partition coefficient (Wildman–Crippen LogP) is -2.28. The van der Waals surface area contributed by atoms with Crippen LogP contribution in [0.25, 0.3) is 17.2 Å². The van der Waals surface area contributed by atoms with Crippen molar-refractivity contribution in [3.05, 3.63) is 32.6 Å². The number of hydrogen-bond acceptors (Lipinski definition) is 6. The number of aromatic nitrogens is 4. The molecule has 1 aliphatic carbocycles. The number of nitrogens with one attached hydrogen (secondary N) is 1. The van der Waals surface area contributed by atoms with Gasteiger partial charge in [0.15, 0.2) is 11.5 Å². The molecule has 1 fully saturated rings. The maximum Gasteiger partial charge on any atom is 0.301 e. The lowest BCUT2D eigenvalue weighted by molar-refractivity contribution is -0.118. The van der Waals surface area contributed by atoms with Crippen molar-refractivity contribution in [3.63, 3.8) is 0 Å². The lowest BCUT2D eigenvalue weighted by atomic mass is 10.4. The number of guanidine groups is 1. The van der Waals surface area contributed by atoms with Crippen molar-refractivity contribution < 1.29 is 4.79 Å². The second-order valence-corrected chi connectivity index (χ2v) is 4.94. The van der Waals surface area contributed by atoms with Gasteiger partial charge in [0, 0.05) is 6.20 Å². The van der Waals surface area contributed by atoms with E-state index in [2.05, 4.69) is 19.9 Å². The normalized spacial score (nSPS) is 18.1. The highest BCUT2D eigenvalue weighted by atomic mass is 16.2. The first-order chi connectivity index (χ1) is 10.9. The van der Waals surface area contributed by atoms with E-state index in [4.69, 9.17) is 17.2 Å². The lowest BCUT2D eigenvalue weighted by Crippen LogP contribution is -2.24. The summed E-state index contributed by atoms with van der Waals surface area (Å²) in [6, 6.07) is 0. The first-order valence-corrected chi connectivity index (χ1v) is 6.47. The summed E-state index contributed by atoms with van der Waals surface area (Å²) in [6.45, 7) is 0. The van der Waals surface area contributed by atoms with Gasteiger partial charge in [-0.1, -0.05) is 0 Å². The van der Waals surface area contributed by atoms with Gasteiger partial charge in [-0.05, 0) is 12.0 Å². The maximum atomic E-state index is 12.1. The molecule has 0 radical (unpaired) electrons. The van der Waals surface area contributed by atoms with E-state index >= 15 is 0 Å². The van der Waals surface area contributed by atoms with Crippen LogP contribution in [-0.2, 0) is 4.79 Å². The van der Waals surface area contributed by atoms with Crippen LogP contribution in [0.3, 0.4) is 0 Å². The van der Waals surface area contributed by atoms with Gasteiger partial charge in [0.05, 0.1) is 5.92 Å². The Morgan fingerprint density at radius 1 is 1.43 bits per heavy atom. The molecule has 3 rings (SSSR count). The van der Waals surface area contributed by atoms with Gasteiger partial charge < -0.3 is 21.8 Å². The topological polar surface area (TPSA) is 188 Å². The molecule has 11 nitrogen and oxygen atoms in total. The summed E-state index contributed by atoms with van der Waals surface area (Å²) in [5, 5.41) is 0. The number of nitrogen functional groups attached to an aromatic ring is 1. The van der Waals surface area contributed by atoms with Gasteiger partial charge in [0.2, 0.25) is 5.95 Å². The molecule has 2 aromatic heterocycles. The van der Waals surface area contributed by atoms with E-state index in [1.807, 2.05) is 0 Å². The molecule has 11 heteroatoms. The Morgan fingerprint density at radius 3 is 2.87 bits per heavy atom. The summed E-state index contributed by atoms with van der Waals surface area (Å²) in [5.41, 5.74) is 14.9. The average molecular weight is 316 g/mol. The smallest absolute Gasteiger partial charge is 0.301 e. The number of imidazole rings is 1. The van der Waals surface area contributed by atoms with Crippen molar-refractivity contribution in [3.8, 4) is 0 Å². The third-order valence-electron chi connectivity index (χ3n) is 3.24. The molecule has 1 atom stereocenters. The van der Waals surface area contributed by atoms with E-state index in [9.17, 15) is 14.4 Å². The fourth-order valence-electron chi connectivity index (χ4n) is 2.16. The molecule has 0 aliphatic heterocycles. The number of carbonyl (C=O) groups excluding carboxylic acids is 1. The number of aromatic amines is 1. The fraction of sp³-hybridized carbons (Fsp3) is 0.167. The molecule has 7 N–H and O–H groups in total. The Labute approximate surface area is 127 Å². The van der Waals surface area contributed by atoms with Gasteiger partial charge in [-0.25, -0.2) is 4.98 Å². The molecular weight excluding hydrogens is 304 g/mol. The minimum absolute atomic E-state index is 0.00774. The van der Waals surface area contributed by atoms with E-state index in [1.165, 1.54) is 17.1 Å². The first-order valence-electron chi connectivity index (χ1n) is 6.47. The number of amides is 1. The van der Waals surface area contributed by atoms with Gasteiger partial charge >= 0.3 is 5.56 Å². The van der Waals surface area contributed by atoms with Gasteiger partial charge in [-0.3, -0.25) is 19.4 Å². The molecule has 0 saturated heterocycles. The highest BCUT2D eigenvalue weighted by Crippen LogP contribution is 2.39. The SMILES string of the molecule is NC(N)=NC(=O)C1C/C1=C/n1cnc2c(=O)nc(N)[nH]c(=O)c21. The number of rotatable bonds is 2. The standard InChI is InChI=1S/C12H12N8O3/c13-11(14)17-8(21)5-1-4(5)2-20-3-16-6-7(20)10(23)19-12(15)18-9(6)22/h2-3,5H,1H2,(H4,13,14,17,21)(H3,15,18,19,22,23)/b4-2-. The molecule has 0 bridgehead atoms. The zero-order valence-corrected chi connectivity index (χ0v) is 11.7. The molecule has 0 aromatic carbocycles. The van der Waals surface area contributed by atoms with Gasteiger partial charge in [0.25, 0.3) is 11.5 Å². The summed E-state index contributed by atoms with van der Waals surface area (Å²) in [7, 11) is 0. The number of nitrogens with two attached hydrogens (primary N) is 3. The van der Waals surface area contributed by atoms with Crippen molar-refractivity contribution in [1.82, 2.24) is 19.5 Å². The number of nitrogens with zero attached hydrogens (tertiary/aromatic N) is 4. The maximum absolute atomic E-state index is 12.1. The molecule has 1 unspecified atom stereocenters. The lowest BCUT2D eigenvalue weighted by Gasteiger charge is -1.92. The Morgan fingerprint density at radius 2 is 2.17 bits per heavy atom. The summed E-state index contributed by atoms with van der Waals surface area (Å²) in [4.78, 5) is 48.6. The van der Waals surface area contributed by atoms with Crippen molar-refractivity contribution in [2.45, 2.75) is 6.42 Å². The summed E-state index contributed by atoms with van der Waals surface area (Å²) in [5.74, 6) is -1.52. The van der Waals surface area contributed by atoms with Crippen molar-refractivity contribution in [1.29, 1.82) is 0 Å². The fourth-order valence-corrected chi connectivity index (χ4v) is 2.16. The van der Waals surface area contributed by atoms with Crippen molar-refractivity contribution >= 4 is 35.0 Å². The molecule has 1 aliphatic rings.